The lowest BCUT2D eigenvalue weighted by molar-refractivity contribution is -0.142. The van der Waals surface area contributed by atoms with E-state index in [9.17, 15) is 19.6 Å². The van der Waals surface area contributed by atoms with Crippen molar-refractivity contribution in [3.05, 3.63) is 29.8 Å². The van der Waals surface area contributed by atoms with Crippen molar-refractivity contribution in [1.82, 2.24) is 16.1 Å². The van der Waals surface area contributed by atoms with E-state index in [0.29, 0.717) is 50.8 Å². The number of amides is 3. The van der Waals surface area contributed by atoms with Crippen molar-refractivity contribution in [2.24, 2.45) is 39.9 Å². The quantitative estimate of drug-likeness (QED) is 0.0809. The van der Waals surface area contributed by atoms with Gasteiger partial charge in [0.1, 0.15) is 6.04 Å². The van der Waals surface area contributed by atoms with Gasteiger partial charge in [-0.25, -0.2) is 10.5 Å². The highest BCUT2D eigenvalue weighted by Crippen LogP contribution is 2.27. The zero-order chi connectivity index (χ0) is 26.4. The Balaban J connectivity index is 2.98. The minimum absolute atomic E-state index is 0.0215. The molecule has 0 fully saturated rings. The predicted molar refractivity (Wildman–Crippen MR) is 135 cm³/mol. The Morgan fingerprint density at radius 2 is 1.63 bits per heavy atom. The molecule has 1 rings (SSSR count). The average Bonchev–Trinajstić information content (AvgIpc) is 2.82. The fraction of sp³-hybridized carbons (Fsp3) is 0.583. The van der Waals surface area contributed by atoms with Gasteiger partial charge >= 0.3 is 0 Å². The molecule has 0 bridgehead atoms. The second-order valence-corrected chi connectivity index (χ2v) is 9.02. The molecular weight excluding hydrogens is 450 g/mol. The molecule has 1 aromatic rings. The van der Waals surface area contributed by atoms with Crippen molar-refractivity contribution >= 4 is 29.4 Å². The van der Waals surface area contributed by atoms with Gasteiger partial charge in [0, 0.05) is 13.0 Å². The lowest BCUT2D eigenvalue weighted by Crippen LogP contribution is -2.50. The van der Waals surface area contributed by atoms with Gasteiger partial charge in [0.2, 0.25) is 17.7 Å². The molecule has 0 aliphatic carbocycles. The second kappa shape index (κ2) is 15.7. The van der Waals surface area contributed by atoms with Crippen LogP contribution in [0.2, 0.25) is 0 Å². The summed E-state index contributed by atoms with van der Waals surface area (Å²) in [5, 5.41) is 14.7. The van der Waals surface area contributed by atoms with Gasteiger partial charge in [0.05, 0.1) is 11.6 Å². The fourth-order valence-corrected chi connectivity index (χ4v) is 4.02. The third kappa shape index (κ3) is 10.7. The Kier molecular flexibility index (Phi) is 13.4. The molecule has 0 saturated heterocycles. The van der Waals surface area contributed by atoms with E-state index < -0.39 is 23.8 Å². The molecule has 0 radical (unpaired) electrons. The van der Waals surface area contributed by atoms with Crippen LogP contribution in [0.1, 0.15) is 51.5 Å². The number of aliphatic imine (C=N–C) groups is 1. The maximum atomic E-state index is 13.3. The summed E-state index contributed by atoms with van der Waals surface area (Å²) in [7, 11) is 1.50. The maximum absolute atomic E-state index is 13.3. The van der Waals surface area contributed by atoms with Crippen LogP contribution in [0.5, 0.6) is 0 Å². The van der Waals surface area contributed by atoms with E-state index in [4.69, 9.17) is 17.2 Å². The van der Waals surface area contributed by atoms with Crippen LogP contribution in [0, 0.1) is 17.8 Å². The first-order chi connectivity index (χ1) is 16.6. The van der Waals surface area contributed by atoms with E-state index in [2.05, 4.69) is 15.6 Å². The molecule has 0 aliphatic rings. The molecule has 11 heteroatoms. The third-order valence-corrected chi connectivity index (χ3v) is 5.75. The number of aryl methyl sites for hydroxylation is 1. The third-order valence-electron chi connectivity index (χ3n) is 5.75. The highest BCUT2D eigenvalue weighted by Gasteiger charge is 2.35. The van der Waals surface area contributed by atoms with Crippen LogP contribution >= 0.6 is 0 Å². The molecular formula is C24H41N7O4. The Morgan fingerprint density at radius 1 is 0.971 bits per heavy atom. The molecule has 11 nitrogen and oxygen atoms in total. The van der Waals surface area contributed by atoms with Crippen molar-refractivity contribution in [3.8, 4) is 0 Å². The SMILES string of the molecule is CNC(=O)[C@H](CCCN)NC(=O)[C@H](CC(C)C)C(CCCc1ccc(N=C(N)N)cc1)C(=O)NO. The number of hydroxylamine groups is 1. The zero-order valence-electron chi connectivity index (χ0n) is 20.9. The van der Waals surface area contributed by atoms with Crippen LogP contribution in [-0.2, 0) is 20.8 Å². The molecule has 0 saturated carbocycles. The monoisotopic (exact) mass is 491 g/mol. The number of nitrogens with two attached hydrogens (primary N) is 3. The van der Waals surface area contributed by atoms with E-state index in [-0.39, 0.29) is 23.7 Å². The summed E-state index contributed by atoms with van der Waals surface area (Å²) in [5.74, 6) is -2.70. The smallest absolute Gasteiger partial charge is 0.247 e. The van der Waals surface area contributed by atoms with Gasteiger partial charge in [-0.15, -0.1) is 0 Å². The Bertz CT molecular complexity index is 839. The van der Waals surface area contributed by atoms with Gasteiger partial charge in [0.25, 0.3) is 0 Å². The normalized spacial score (nSPS) is 13.4. The van der Waals surface area contributed by atoms with Gasteiger partial charge in [-0.1, -0.05) is 26.0 Å². The first kappa shape index (κ1) is 29.9. The number of rotatable bonds is 15. The molecule has 1 aromatic carbocycles. The summed E-state index contributed by atoms with van der Waals surface area (Å²) in [5.41, 5.74) is 19.7. The first-order valence-corrected chi connectivity index (χ1v) is 12.0. The zero-order valence-corrected chi connectivity index (χ0v) is 20.9. The van der Waals surface area contributed by atoms with Crippen LogP contribution in [-0.4, -0.2) is 48.5 Å². The van der Waals surface area contributed by atoms with Gasteiger partial charge in [0.15, 0.2) is 5.96 Å². The summed E-state index contributed by atoms with van der Waals surface area (Å²) in [6.45, 7) is 4.30. The number of hydrogen-bond acceptors (Lipinski definition) is 6. The van der Waals surface area contributed by atoms with Crippen molar-refractivity contribution in [1.29, 1.82) is 0 Å². The summed E-state index contributed by atoms with van der Waals surface area (Å²) in [4.78, 5) is 42.1. The Hall–Kier alpha value is -3.18. The van der Waals surface area contributed by atoms with Crippen molar-refractivity contribution in [2.45, 2.75) is 58.4 Å². The number of carbonyl (C=O) groups excluding carboxylic acids is 3. The number of nitrogens with zero attached hydrogens (tertiary/aromatic N) is 1. The van der Waals surface area contributed by atoms with Crippen molar-refractivity contribution in [2.75, 3.05) is 13.6 Å². The highest BCUT2D eigenvalue weighted by atomic mass is 16.5. The number of hydrogen-bond donors (Lipinski definition) is 7. The van der Waals surface area contributed by atoms with Gasteiger partial charge in [-0.3, -0.25) is 19.6 Å². The minimum atomic E-state index is -0.761. The van der Waals surface area contributed by atoms with E-state index in [1.54, 1.807) is 17.6 Å². The molecule has 0 spiro atoms. The number of carbonyl (C=O) groups is 3. The standard InChI is InChI=1S/C24H41N7O4/c1-15(2)14-19(21(32)30-20(8-5-13-25)23(34)28-3)18(22(33)31-35)7-4-6-16-9-11-17(12-10-16)29-24(26)27/h9-12,15,18-20,35H,4-8,13-14,25H2,1-3H3,(H,28,34)(H,30,32)(H,31,33)(H4,26,27,29)/t18?,19-,20+/m1/s1. The van der Waals surface area contributed by atoms with Crippen LogP contribution in [0.25, 0.3) is 0 Å². The first-order valence-electron chi connectivity index (χ1n) is 12.0. The van der Waals surface area contributed by atoms with E-state index in [1.165, 1.54) is 7.05 Å². The largest absolute Gasteiger partial charge is 0.370 e. The molecule has 10 N–H and O–H groups in total. The Labute approximate surface area is 207 Å². The van der Waals surface area contributed by atoms with Crippen LogP contribution in [0.4, 0.5) is 5.69 Å². The molecule has 0 heterocycles. The van der Waals surface area contributed by atoms with E-state index >= 15 is 0 Å². The molecule has 35 heavy (non-hydrogen) atoms. The van der Waals surface area contributed by atoms with Crippen LogP contribution < -0.4 is 33.3 Å². The minimum Gasteiger partial charge on any atom is -0.370 e. The lowest BCUT2D eigenvalue weighted by Gasteiger charge is -2.28. The second-order valence-electron chi connectivity index (χ2n) is 9.02. The van der Waals surface area contributed by atoms with Crippen molar-refractivity contribution in [3.63, 3.8) is 0 Å². The van der Waals surface area contributed by atoms with Crippen LogP contribution in [0.3, 0.4) is 0 Å². The van der Waals surface area contributed by atoms with Gasteiger partial charge < -0.3 is 27.8 Å². The molecule has 0 aliphatic heterocycles. The summed E-state index contributed by atoms with van der Waals surface area (Å²) in [6, 6.07) is 6.64. The van der Waals surface area contributed by atoms with Crippen molar-refractivity contribution < 1.29 is 19.6 Å². The molecule has 3 atom stereocenters. The summed E-state index contributed by atoms with van der Waals surface area (Å²) >= 11 is 0. The fourth-order valence-electron chi connectivity index (χ4n) is 4.02. The van der Waals surface area contributed by atoms with E-state index in [0.717, 1.165) is 5.56 Å². The maximum Gasteiger partial charge on any atom is 0.247 e. The Morgan fingerprint density at radius 3 is 2.14 bits per heavy atom. The number of nitrogens with one attached hydrogen (secondary N) is 3. The summed E-state index contributed by atoms with van der Waals surface area (Å²) < 4.78 is 0. The van der Waals surface area contributed by atoms with Gasteiger partial charge in [-0.2, -0.15) is 0 Å². The predicted octanol–water partition coefficient (Wildman–Crippen LogP) is 0.668. The number of benzene rings is 1. The molecule has 3 amide bonds. The van der Waals surface area contributed by atoms with Gasteiger partial charge in [-0.05, 0) is 68.7 Å². The molecule has 1 unspecified atom stereocenters. The summed E-state index contributed by atoms with van der Waals surface area (Å²) in [6.07, 6.45) is 3.02. The topological polar surface area (TPSA) is 198 Å². The molecule has 0 aromatic heterocycles. The highest BCUT2D eigenvalue weighted by molar-refractivity contribution is 5.91. The number of guanidine groups is 1. The van der Waals surface area contributed by atoms with Crippen LogP contribution in [0.15, 0.2) is 29.3 Å². The molecule has 196 valence electrons. The van der Waals surface area contributed by atoms with E-state index in [1.807, 2.05) is 26.0 Å². The number of likely N-dealkylation sites (N-methyl/N-ethyl adjacent to an activating group) is 1. The average molecular weight is 492 g/mol. The lowest BCUT2D eigenvalue weighted by atomic mass is 9.80.